The van der Waals surface area contributed by atoms with Crippen molar-refractivity contribution >= 4 is 11.4 Å². The number of methoxy groups -OCH3 is 1. The molecule has 0 saturated heterocycles. The molecular weight excluding hydrogens is 240 g/mol. The minimum atomic E-state index is 0.304. The molecule has 92 valence electrons. The van der Waals surface area contributed by atoms with Crippen LogP contribution in [0.5, 0.6) is 5.75 Å². The highest BCUT2D eigenvalue weighted by Gasteiger charge is 2.09. The van der Waals surface area contributed by atoms with Gasteiger partial charge in [-0.15, -0.1) is 0 Å². The first-order valence-corrected chi connectivity index (χ1v) is 5.48. The van der Waals surface area contributed by atoms with E-state index in [2.05, 4.69) is 16.4 Å². The summed E-state index contributed by atoms with van der Waals surface area (Å²) in [6.45, 7) is 0. The Morgan fingerprint density at radius 3 is 2.74 bits per heavy atom. The number of ether oxygens (including phenoxy) is 1. The number of rotatable bonds is 3. The van der Waals surface area contributed by atoms with Crippen LogP contribution in [0, 0.1) is 22.7 Å². The molecule has 2 aromatic rings. The van der Waals surface area contributed by atoms with Crippen molar-refractivity contribution in [3.63, 3.8) is 0 Å². The average Bonchev–Trinajstić information content (AvgIpc) is 2.47. The van der Waals surface area contributed by atoms with Gasteiger partial charge in [0.25, 0.3) is 0 Å². The van der Waals surface area contributed by atoms with Crippen LogP contribution >= 0.6 is 0 Å². The second-order valence-corrected chi connectivity index (χ2v) is 3.66. The zero-order valence-corrected chi connectivity index (χ0v) is 10.2. The number of anilines is 2. The zero-order valence-electron chi connectivity index (χ0n) is 10.2. The van der Waals surface area contributed by atoms with Gasteiger partial charge in [0, 0.05) is 11.9 Å². The predicted molar refractivity (Wildman–Crippen MR) is 69.9 cm³/mol. The summed E-state index contributed by atoms with van der Waals surface area (Å²) in [4.78, 5) is 3.89. The highest BCUT2D eigenvalue weighted by Crippen LogP contribution is 2.30. The van der Waals surface area contributed by atoms with Crippen LogP contribution in [0.4, 0.5) is 11.4 Å². The lowest BCUT2D eigenvalue weighted by atomic mass is 10.1. The summed E-state index contributed by atoms with van der Waals surface area (Å²) in [7, 11) is 1.54. The Morgan fingerprint density at radius 1 is 1.21 bits per heavy atom. The summed E-state index contributed by atoms with van der Waals surface area (Å²) < 4.78 is 5.22. The zero-order chi connectivity index (χ0) is 13.7. The minimum Gasteiger partial charge on any atom is -0.495 e. The first kappa shape index (κ1) is 12.4. The van der Waals surface area contributed by atoms with Crippen molar-refractivity contribution < 1.29 is 4.74 Å². The number of nitriles is 2. The maximum absolute atomic E-state index is 9.11. The van der Waals surface area contributed by atoms with E-state index in [-0.39, 0.29) is 0 Å². The molecule has 1 N–H and O–H groups in total. The van der Waals surface area contributed by atoms with E-state index < -0.39 is 0 Å². The topological polar surface area (TPSA) is 81.7 Å². The smallest absolute Gasteiger partial charge is 0.143 e. The molecule has 1 aromatic heterocycles. The van der Waals surface area contributed by atoms with Crippen molar-refractivity contribution in [1.82, 2.24) is 4.98 Å². The van der Waals surface area contributed by atoms with Gasteiger partial charge in [0.2, 0.25) is 0 Å². The first-order chi connectivity index (χ1) is 9.28. The predicted octanol–water partition coefficient (Wildman–Crippen LogP) is 2.58. The number of hydrogen-bond donors (Lipinski definition) is 1. The standard InChI is InChI=1S/C14H10N4O/c1-19-13-4-2-3-10(8-15)14(13)18-11-5-6-17-12(7-11)9-16/h2-7H,1H3,(H,17,18). The fraction of sp³-hybridized carbons (Fsp3) is 0.0714. The summed E-state index contributed by atoms with van der Waals surface area (Å²) in [5.41, 5.74) is 2.02. The fourth-order valence-corrected chi connectivity index (χ4v) is 1.64. The number of hydrogen-bond acceptors (Lipinski definition) is 5. The minimum absolute atomic E-state index is 0.304. The highest BCUT2D eigenvalue weighted by molar-refractivity contribution is 5.73. The van der Waals surface area contributed by atoms with Gasteiger partial charge in [-0.3, -0.25) is 0 Å². The van der Waals surface area contributed by atoms with Crippen LogP contribution in [0.25, 0.3) is 0 Å². The van der Waals surface area contributed by atoms with E-state index in [0.717, 1.165) is 0 Å². The second kappa shape index (κ2) is 5.52. The molecule has 0 fully saturated rings. The molecule has 19 heavy (non-hydrogen) atoms. The maximum Gasteiger partial charge on any atom is 0.143 e. The summed E-state index contributed by atoms with van der Waals surface area (Å²) in [6, 6.07) is 12.6. The van der Waals surface area contributed by atoms with E-state index >= 15 is 0 Å². The van der Waals surface area contributed by atoms with Crippen molar-refractivity contribution in [3.05, 3.63) is 47.8 Å². The highest BCUT2D eigenvalue weighted by atomic mass is 16.5. The molecule has 1 heterocycles. The number of benzene rings is 1. The normalized spacial score (nSPS) is 9.21. The number of aromatic nitrogens is 1. The number of nitrogens with zero attached hydrogens (tertiary/aromatic N) is 3. The molecule has 0 saturated carbocycles. The van der Waals surface area contributed by atoms with Gasteiger partial charge >= 0.3 is 0 Å². The van der Waals surface area contributed by atoms with Crippen LogP contribution in [-0.4, -0.2) is 12.1 Å². The lowest BCUT2D eigenvalue weighted by Gasteiger charge is -2.12. The van der Waals surface area contributed by atoms with Crippen molar-refractivity contribution in [2.45, 2.75) is 0 Å². The maximum atomic E-state index is 9.11. The Bertz CT molecular complexity index is 683. The Labute approximate surface area is 110 Å². The third-order valence-electron chi connectivity index (χ3n) is 2.51. The third kappa shape index (κ3) is 2.62. The van der Waals surface area contributed by atoms with Gasteiger partial charge in [-0.25, -0.2) is 4.98 Å². The summed E-state index contributed by atoms with van der Waals surface area (Å²) in [5.74, 6) is 0.564. The van der Waals surface area contributed by atoms with Gasteiger partial charge < -0.3 is 10.1 Å². The molecule has 0 atom stereocenters. The van der Waals surface area contributed by atoms with Crippen LogP contribution in [0.1, 0.15) is 11.3 Å². The van der Waals surface area contributed by atoms with Crippen LogP contribution in [-0.2, 0) is 0 Å². The average molecular weight is 250 g/mol. The molecular formula is C14H10N4O. The van der Waals surface area contributed by atoms with E-state index in [4.69, 9.17) is 15.3 Å². The van der Waals surface area contributed by atoms with Gasteiger partial charge in [-0.1, -0.05) is 6.07 Å². The molecule has 5 heteroatoms. The Balaban J connectivity index is 2.43. The molecule has 0 aliphatic rings. The molecule has 2 rings (SSSR count). The second-order valence-electron chi connectivity index (χ2n) is 3.66. The van der Waals surface area contributed by atoms with Crippen molar-refractivity contribution in [3.8, 4) is 17.9 Å². The molecule has 0 amide bonds. The molecule has 0 spiro atoms. The molecule has 1 aromatic carbocycles. The van der Waals surface area contributed by atoms with Gasteiger partial charge in [-0.2, -0.15) is 10.5 Å². The van der Waals surface area contributed by atoms with Crippen molar-refractivity contribution in [1.29, 1.82) is 10.5 Å². The summed E-state index contributed by atoms with van der Waals surface area (Å²) >= 11 is 0. The largest absolute Gasteiger partial charge is 0.495 e. The van der Waals surface area contributed by atoms with Crippen LogP contribution < -0.4 is 10.1 Å². The van der Waals surface area contributed by atoms with E-state index in [9.17, 15) is 0 Å². The number of pyridine rings is 1. The number of para-hydroxylation sites is 1. The summed E-state index contributed by atoms with van der Waals surface area (Å²) in [6.07, 6.45) is 1.53. The molecule has 0 aliphatic heterocycles. The Kier molecular flexibility index (Phi) is 3.61. The van der Waals surface area contributed by atoms with Crippen molar-refractivity contribution in [2.75, 3.05) is 12.4 Å². The van der Waals surface area contributed by atoms with Crippen LogP contribution in [0.3, 0.4) is 0 Å². The molecule has 0 radical (unpaired) electrons. The lowest BCUT2D eigenvalue weighted by molar-refractivity contribution is 0.416. The monoisotopic (exact) mass is 250 g/mol. The Morgan fingerprint density at radius 2 is 2.05 bits per heavy atom. The van der Waals surface area contributed by atoms with Crippen LogP contribution in [0.15, 0.2) is 36.5 Å². The van der Waals surface area contributed by atoms with E-state index in [1.807, 2.05) is 6.07 Å². The number of nitrogens with one attached hydrogen (secondary N) is 1. The molecule has 0 unspecified atom stereocenters. The van der Waals surface area contributed by atoms with Gasteiger partial charge in [0.1, 0.15) is 23.6 Å². The quantitative estimate of drug-likeness (QED) is 0.905. The molecule has 0 aliphatic carbocycles. The van der Waals surface area contributed by atoms with Crippen LogP contribution in [0.2, 0.25) is 0 Å². The third-order valence-corrected chi connectivity index (χ3v) is 2.51. The van der Waals surface area contributed by atoms with Gasteiger partial charge in [0.15, 0.2) is 0 Å². The lowest BCUT2D eigenvalue weighted by Crippen LogP contribution is -1.98. The fourth-order valence-electron chi connectivity index (χ4n) is 1.64. The molecule has 0 bridgehead atoms. The molecule has 5 nitrogen and oxygen atoms in total. The van der Waals surface area contributed by atoms with Gasteiger partial charge in [0.05, 0.1) is 18.4 Å². The van der Waals surface area contributed by atoms with E-state index in [1.165, 1.54) is 13.3 Å². The van der Waals surface area contributed by atoms with Gasteiger partial charge in [-0.05, 0) is 24.3 Å². The SMILES string of the molecule is COc1cccc(C#N)c1Nc1ccnc(C#N)c1. The van der Waals surface area contributed by atoms with Crippen molar-refractivity contribution in [2.24, 2.45) is 0 Å². The Hall–Kier alpha value is -3.05. The van der Waals surface area contributed by atoms with E-state index in [0.29, 0.717) is 28.4 Å². The first-order valence-electron chi connectivity index (χ1n) is 5.48. The van der Waals surface area contributed by atoms with E-state index in [1.54, 1.807) is 30.3 Å². The summed E-state index contributed by atoms with van der Waals surface area (Å²) in [5, 5.41) is 21.0.